The Morgan fingerprint density at radius 1 is 1.22 bits per heavy atom. The standard InChI is InChI=1S/C24H24N4O4/c1-14-19(17-10-25-27(3)11-17)7-16(13-29)8-21(14)26-24(31)23-20(15(2)30)12-28-6-5-18(32-4)9-22(23)28/h5-12,29H,13H2,1-4H3,(H,26,31). The summed E-state index contributed by atoms with van der Waals surface area (Å²) in [5.41, 5.74) is 4.92. The van der Waals surface area contributed by atoms with E-state index < -0.39 is 5.91 Å². The Morgan fingerprint density at radius 2 is 2.00 bits per heavy atom. The van der Waals surface area contributed by atoms with Gasteiger partial charge in [-0.15, -0.1) is 0 Å². The van der Waals surface area contributed by atoms with Crippen molar-refractivity contribution in [3.05, 3.63) is 71.3 Å². The van der Waals surface area contributed by atoms with E-state index in [9.17, 15) is 14.7 Å². The van der Waals surface area contributed by atoms with E-state index in [1.807, 2.05) is 26.2 Å². The van der Waals surface area contributed by atoms with Crippen molar-refractivity contribution in [2.75, 3.05) is 12.4 Å². The lowest BCUT2D eigenvalue weighted by molar-refractivity contribution is 0.0987. The number of amides is 1. The average Bonchev–Trinajstić information content (AvgIpc) is 3.38. The van der Waals surface area contributed by atoms with Crippen molar-refractivity contribution in [1.29, 1.82) is 0 Å². The molecule has 1 amide bonds. The molecule has 0 spiro atoms. The van der Waals surface area contributed by atoms with Crippen LogP contribution in [0.25, 0.3) is 16.6 Å². The maximum absolute atomic E-state index is 13.4. The summed E-state index contributed by atoms with van der Waals surface area (Å²) in [5.74, 6) is -0.0481. The largest absolute Gasteiger partial charge is 0.497 e. The molecule has 8 heteroatoms. The highest BCUT2D eigenvalue weighted by Gasteiger charge is 2.22. The molecule has 0 aliphatic rings. The third-order valence-electron chi connectivity index (χ3n) is 5.51. The number of ether oxygens (including phenoxy) is 1. The SMILES string of the molecule is COc1ccn2cc(C(C)=O)c(C(=O)Nc3cc(CO)cc(-c4cnn(C)c4)c3C)c2c1. The molecule has 4 rings (SSSR count). The number of ketones is 1. The molecule has 4 aromatic rings. The van der Waals surface area contributed by atoms with E-state index in [0.717, 1.165) is 16.7 Å². The number of carbonyl (C=O) groups is 2. The number of pyridine rings is 1. The fourth-order valence-electron chi connectivity index (χ4n) is 3.82. The summed E-state index contributed by atoms with van der Waals surface area (Å²) in [4.78, 5) is 25.7. The summed E-state index contributed by atoms with van der Waals surface area (Å²) in [6.45, 7) is 3.15. The number of aliphatic hydroxyl groups excluding tert-OH is 1. The quantitative estimate of drug-likeness (QED) is 0.454. The van der Waals surface area contributed by atoms with Gasteiger partial charge in [0.2, 0.25) is 0 Å². The molecule has 164 valence electrons. The first-order valence-electron chi connectivity index (χ1n) is 10.1. The van der Waals surface area contributed by atoms with Crippen molar-refractivity contribution < 1.29 is 19.4 Å². The van der Waals surface area contributed by atoms with Crippen molar-refractivity contribution in [1.82, 2.24) is 14.2 Å². The number of anilines is 1. The van der Waals surface area contributed by atoms with Gasteiger partial charge in [0.15, 0.2) is 5.78 Å². The van der Waals surface area contributed by atoms with Crippen LogP contribution in [0.3, 0.4) is 0 Å². The minimum atomic E-state index is -0.415. The molecule has 32 heavy (non-hydrogen) atoms. The summed E-state index contributed by atoms with van der Waals surface area (Å²) in [6, 6.07) is 7.09. The van der Waals surface area contributed by atoms with Gasteiger partial charge in [0.1, 0.15) is 5.75 Å². The molecule has 0 bridgehead atoms. The van der Waals surface area contributed by atoms with E-state index in [0.29, 0.717) is 28.1 Å². The number of aliphatic hydroxyl groups is 1. The number of aromatic nitrogens is 3. The minimum Gasteiger partial charge on any atom is -0.497 e. The smallest absolute Gasteiger partial charge is 0.258 e. The summed E-state index contributed by atoms with van der Waals surface area (Å²) >= 11 is 0. The highest BCUT2D eigenvalue weighted by Crippen LogP contribution is 2.32. The number of carbonyl (C=O) groups excluding carboxylic acids is 2. The van der Waals surface area contributed by atoms with Crippen LogP contribution < -0.4 is 10.1 Å². The van der Waals surface area contributed by atoms with Crippen LogP contribution in [0.15, 0.2) is 49.1 Å². The third kappa shape index (κ3) is 3.76. The number of Topliss-reactive ketones (excluding diaryl/α,β-unsaturated/α-hetero) is 1. The zero-order chi connectivity index (χ0) is 23.0. The summed E-state index contributed by atoms with van der Waals surface area (Å²) in [6.07, 6.45) is 6.99. The van der Waals surface area contributed by atoms with Crippen molar-refractivity contribution in [2.45, 2.75) is 20.5 Å². The first-order valence-corrected chi connectivity index (χ1v) is 10.1. The number of nitrogens with zero attached hydrogens (tertiary/aromatic N) is 3. The maximum atomic E-state index is 13.4. The van der Waals surface area contributed by atoms with Crippen molar-refractivity contribution in [3.8, 4) is 16.9 Å². The molecule has 0 atom stereocenters. The van der Waals surface area contributed by atoms with Crippen molar-refractivity contribution >= 4 is 22.9 Å². The zero-order valence-corrected chi connectivity index (χ0v) is 18.3. The van der Waals surface area contributed by atoms with Gasteiger partial charge in [-0.3, -0.25) is 14.3 Å². The topological polar surface area (TPSA) is 97.9 Å². The Bertz CT molecular complexity index is 1350. The number of nitrogens with one attached hydrogen (secondary N) is 1. The molecule has 0 fully saturated rings. The molecule has 0 saturated carbocycles. The Kier molecular flexibility index (Phi) is 5.54. The van der Waals surface area contributed by atoms with Crippen LogP contribution in [0, 0.1) is 6.92 Å². The lowest BCUT2D eigenvalue weighted by Crippen LogP contribution is -2.16. The van der Waals surface area contributed by atoms with Crippen LogP contribution in [-0.2, 0) is 13.7 Å². The Hall–Kier alpha value is -3.91. The van der Waals surface area contributed by atoms with E-state index >= 15 is 0 Å². The molecule has 2 N–H and O–H groups in total. The number of aryl methyl sites for hydroxylation is 1. The van der Waals surface area contributed by atoms with Crippen LogP contribution in [0.2, 0.25) is 0 Å². The number of hydrogen-bond acceptors (Lipinski definition) is 5. The number of benzene rings is 1. The third-order valence-corrected chi connectivity index (χ3v) is 5.51. The van der Waals surface area contributed by atoms with E-state index in [-0.39, 0.29) is 18.0 Å². The van der Waals surface area contributed by atoms with Gasteiger partial charge in [-0.25, -0.2) is 0 Å². The van der Waals surface area contributed by atoms with Crippen molar-refractivity contribution in [3.63, 3.8) is 0 Å². The van der Waals surface area contributed by atoms with Gasteiger partial charge >= 0.3 is 0 Å². The maximum Gasteiger partial charge on any atom is 0.258 e. The second-order valence-electron chi connectivity index (χ2n) is 7.66. The fraction of sp³-hybridized carbons (Fsp3) is 0.208. The molecule has 0 aliphatic heterocycles. The van der Waals surface area contributed by atoms with Gasteiger partial charge in [0, 0.05) is 48.5 Å². The van der Waals surface area contributed by atoms with Crippen LogP contribution in [0.1, 0.15) is 38.8 Å². The van der Waals surface area contributed by atoms with Crippen LogP contribution in [0.5, 0.6) is 5.75 Å². The number of methoxy groups -OCH3 is 1. The lowest BCUT2D eigenvalue weighted by Gasteiger charge is -2.14. The van der Waals surface area contributed by atoms with E-state index in [2.05, 4.69) is 10.4 Å². The van der Waals surface area contributed by atoms with Crippen molar-refractivity contribution in [2.24, 2.45) is 7.05 Å². The molecular formula is C24H24N4O4. The van der Waals surface area contributed by atoms with Crippen LogP contribution in [0.4, 0.5) is 5.69 Å². The van der Waals surface area contributed by atoms with Crippen LogP contribution in [-0.4, -0.2) is 38.1 Å². The normalized spacial score (nSPS) is 11.0. The van der Waals surface area contributed by atoms with Gasteiger partial charge < -0.3 is 19.6 Å². The zero-order valence-electron chi connectivity index (χ0n) is 18.3. The number of fused-ring (bicyclic) bond motifs is 1. The molecule has 0 aliphatic carbocycles. The van der Waals surface area contributed by atoms with Gasteiger partial charge in [0.05, 0.1) is 31.0 Å². The van der Waals surface area contributed by atoms with Gasteiger partial charge in [-0.2, -0.15) is 5.10 Å². The molecular weight excluding hydrogens is 408 g/mol. The second-order valence-corrected chi connectivity index (χ2v) is 7.66. The molecule has 1 aromatic carbocycles. The Labute approximate surface area is 185 Å². The molecule has 0 radical (unpaired) electrons. The van der Waals surface area contributed by atoms with E-state index in [1.165, 1.54) is 6.92 Å². The number of rotatable bonds is 6. The molecule has 0 saturated heterocycles. The predicted octanol–water partition coefficient (Wildman–Crippen LogP) is 3.60. The fourth-order valence-corrected chi connectivity index (χ4v) is 3.82. The molecule has 8 nitrogen and oxygen atoms in total. The first-order chi connectivity index (χ1) is 15.3. The lowest BCUT2D eigenvalue weighted by atomic mass is 9.98. The second kappa shape index (κ2) is 8.32. The highest BCUT2D eigenvalue weighted by atomic mass is 16.5. The molecule has 3 aromatic heterocycles. The van der Waals surface area contributed by atoms with Crippen LogP contribution >= 0.6 is 0 Å². The monoisotopic (exact) mass is 432 g/mol. The number of hydrogen-bond donors (Lipinski definition) is 2. The summed E-state index contributed by atoms with van der Waals surface area (Å²) in [5, 5.41) is 16.9. The summed E-state index contributed by atoms with van der Waals surface area (Å²) < 4.78 is 8.72. The molecule has 0 unspecified atom stereocenters. The Morgan fingerprint density at radius 3 is 2.62 bits per heavy atom. The van der Waals surface area contributed by atoms with Gasteiger partial charge in [-0.1, -0.05) is 0 Å². The first kappa shape index (κ1) is 21.3. The molecule has 3 heterocycles. The van der Waals surface area contributed by atoms with E-state index in [4.69, 9.17) is 4.74 Å². The minimum absolute atomic E-state index is 0.179. The average molecular weight is 432 g/mol. The Balaban J connectivity index is 1.82. The predicted molar refractivity (Wildman–Crippen MR) is 121 cm³/mol. The highest BCUT2D eigenvalue weighted by molar-refractivity contribution is 6.17. The van der Waals surface area contributed by atoms with Gasteiger partial charge in [-0.05, 0) is 48.7 Å². The summed E-state index contributed by atoms with van der Waals surface area (Å²) in [7, 11) is 3.37. The van der Waals surface area contributed by atoms with E-state index in [1.54, 1.807) is 53.0 Å². The van der Waals surface area contributed by atoms with Gasteiger partial charge in [0.25, 0.3) is 5.91 Å².